The zero-order valence-corrected chi connectivity index (χ0v) is 10.5. The molecule has 3 aliphatic rings. The van der Waals surface area contributed by atoms with Crippen molar-refractivity contribution in [3.05, 3.63) is 0 Å². The van der Waals surface area contributed by atoms with Gasteiger partial charge in [-0.15, -0.1) is 0 Å². The standard InChI is InChI=1S/C13H20N2O2/c1-9-5-13(16,8-15(9)2)12(7-14)6-10-3-4-11(12)17-10/h9-11,16H,3-6,8H2,1-2H3. The zero-order valence-electron chi connectivity index (χ0n) is 10.5. The van der Waals surface area contributed by atoms with Crippen LogP contribution in [-0.4, -0.2) is 47.4 Å². The molecule has 3 saturated heterocycles. The lowest BCUT2D eigenvalue weighted by atomic mass is 9.63. The van der Waals surface area contributed by atoms with Gasteiger partial charge in [-0.2, -0.15) is 5.26 Å². The first kappa shape index (κ1) is 11.5. The van der Waals surface area contributed by atoms with E-state index in [9.17, 15) is 10.4 Å². The Balaban J connectivity index is 1.95. The predicted molar refractivity (Wildman–Crippen MR) is 62.2 cm³/mol. The number of rotatable bonds is 1. The largest absolute Gasteiger partial charge is 0.387 e. The van der Waals surface area contributed by atoms with E-state index in [1.54, 1.807) is 0 Å². The van der Waals surface area contributed by atoms with Crippen LogP contribution in [0.15, 0.2) is 0 Å². The Bertz CT molecular complexity index is 368. The molecule has 3 fully saturated rings. The topological polar surface area (TPSA) is 56.5 Å². The average Bonchev–Trinajstić information content (AvgIpc) is 2.93. The maximum Gasteiger partial charge on any atom is 0.116 e. The van der Waals surface area contributed by atoms with Crippen LogP contribution in [0.2, 0.25) is 0 Å². The van der Waals surface area contributed by atoms with Crippen molar-refractivity contribution < 1.29 is 9.84 Å². The van der Waals surface area contributed by atoms with Crippen LogP contribution in [0.1, 0.15) is 32.6 Å². The fourth-order valence-corrected chi connectivity index (χ4v) is 4.02. The van der Waals surface area contributed by atoms with Gasteiger partial charge in [-0.1, -0.05) is 0 Å². The minimum Gasteiger partial charge on any atom is -0.387 e. The van der Waals surface area contributed by atoms with Gasteiger partial charge in [-0.05, 0) is 39.7 Å². The van der Waals surface area contributed by atoms with Gasteiger partial charge in [0, 0.05) is 12.6 Å². The second-order valence-corrected chi connectivity index (χ2v) is 6.11. The van der Waals surface area contributed by atoms with E-state index in [0.29, 0.717) is 25.4 Å². The first-order chi connectivity index (χ1) is 8.01. The van der Waals surface area contributed by atoms with E-state index in [1.807, 2.05) is 7.05 Å². The minimum absolute atomic E-state index is 0.0544. The highest BCUT2D eigenvalue weighted by Crippen LogP contribution is 2.56. The van der Waals surface area contributed by atoms with Crippen molar-refractivity contribution in [3.63, 3.8) is 0 Å². The highest BCUT2D eigenvalue weighted by atomic mass is 16.5. The van der Waals surface area contributed by atoms with Gasteiger partial charge in [0.2, 0.25) is 0 Å². The highest BCUT2D eigenvalue weighted by molar-refractivity contribution is 5.23. The van der Waals surface area contributed by atoms with Crippen LogP contribution in [0.25, 0.3) is 0 Å². The van der Waals surface area contributed by atoms with E-state index in [1.165, 1.54) is 0 Å². The molecular formula is C13H20N2O2. The minimum atomic E-state index is -0.893. The summed E-state index contributed by atoms with van der Waals surface area (Å²) in [5.41, 5.74) is -1.56. The molecule has 2 bridgehead atoms. The summed E-state index contributed by atoms with van der Waals surface area (Å²) in [7, 11) is 2.02. The van der Waals surface area contributed by atoms with Crippen LogP contribution in [0.5, 0.6) is 0 Å². The lowest BCUT2D eigenvalue weighted by molar-refractivity contribution is -0.0757. The van der Waals surface area contributed by atoms with Crippen molar-refractivity contribution in [2.45, 2.75) is 56.5 Å². The van der Waals surface area contributed by atoms with Gasteiger partial charge < -0.3 is 14.7 Å². The number of nitriles is 1. The van der Waals surface area contributed by atoms with Gasteiger partial charge in [0.05, 0.1) is 18.3 Å². The molecule has 0 saturated carbocycles. The summed E-state index contributed by atoms with van der Waals surface area (Å²) in [6.45, 7) is 2.70. The molecule has 0 spiro atoms. The molecule has 94 valence electrons. The Morgan fingerprint density at radius 2 is 2.18 bits per heavy atom. The number of nitrogens with zero attached hydrogens (tertiary/aromatic N) is 2. The van der Waals surface area contributed by atoms with Crippen LogP contribution in [-0.2, 0) is 4.74 Å². The van der Waals surface area contributed by atoms with Crippen molar-refractivity contribution in [1.82, 2.24) is 4.90 Å². The monoisotopic (exact) mass is 236 g/mol. The smallest absolute Gasteiger partial charge is 0.116 e. The number of fused-ring (bicyclic) bond motifs is 2. The molecule has 17 heavy (non-hydrogen) atoms. The Morgan fingerprint density at radius 1 is 1.41 bits per heavy atom. The van der Waals surface area contributed by atoms with Gasteiger partial charge in [0.25, 0.3) is 0 Å². The van der Waals surface area contributed by atoms with E-state index in [2.05, 4.69) is 17.9 Å². The van der Waals surface area contributed by atoms with Crippen LogP contribution in [0.4, 0.5) is 0 Å². The first-order valence-electron chi connectivity index (χ1n) is 6.50. The highest BCUT2D eigenvalue weighted by Gasteiger charge is 2.65. The molecule has 0 aromatic carbocycles. The van der Waals surface area contributed by atoms with Crippen molar-refractivity contribution in [2.24, 2.45) is 5.41 Å². The molecule has 4 heteroatoms. The van der Waals surface area contributed by atoms with Crippen LogP contribution in [0.3, 0.4) is 0 Å². The van der Waals surface area contributed by atoms with Crippen molar-refractivity contribution in [2.75, 3.05) is 13.6 Å². The molecule has 3 heterocycles. The van der Waals surface area contributed by atoms with Gasteiger partial charge in [-0.3, -0.25) is 0 Å². The quantitative estimate of drug-likeness (QED) is 0.735. The molecule has 5 unspecified atom stereocenters. The third-order valence-corrected chi connectivity index (χ3v) is 5.13. The molecule has 0 radical (unpaired) electrons. The summed E-state index contributed by atoms with van der Waals surface area (Å²) < 4.78 is 5.83. The van der Waals surface area contributed by atoms with E-state index in [0.717, 1.165) is 12.8 Å². The van der Waals surface area contributed by atoms with Crippen LogP contribution < -0.4 is 0 Å². The van der Waals surface area contributed by atoms with Crippen molar-refractivity contribution in [1.29, 1.82) is 5.26 Å². The number of hydrogen-bond donors (Lipinski definition) is 1. The van der Waals surface area contributed by atoms with Crippen LogP contribution >= 0.6 is 0 Å². The molecule has 1 N–H and O–H groups in total. The first-order valence-corrected chi connectivity index (χ1v) is 6.50. The third kappa shape index (κ3) is 1.33. The number of likely N-dealkylation sites (N-methyl/N-ethyl adjacent to an activating group) is 1. The number of aliphatic hydroxyl groups is 1. The molecule has 0 aromatic heterocycles. The molecular weight excluding hydrogens is 216 g/mol. The van der Waals surface area contributed by atoms with Gasteiger partial charge in [0.1, 0.15) is 11.0 Å². The third-order valence-electron chi connectivity index (χ3n) is 5.13. The summed E-state index contributed by atoms with van der Waals surface area (Å²) in [4.78, 5) is 2.14. The Labute approximate surface area is 102 Å². The second kappa shape index (κ2) is 3.44. The van der Waals surface area contributed by atoms with Crippen molar-refractivity contribution in [3.8, 4) is 6.07 Å². The van der Waals surface area contributed by atoms with Gasteiger partial charge >= 0.3 is 0 Å². The molecule has 4 nitrogen and oxygen atoms in total. The van der Waals surface area contributed by atoms with Gasteiger partial charge in [-0.25, -0.2) is 0 Å². The van der Waals surface area contributed by atoms with Gasteiger partial charge in [0.15, 0.2) is 0 Å². The maximum atomic E-state index is 11.0. The summed E-state index contributed by atoms with van der Waals surface area (Å²) in [6, 6.07) is 2.77. The summed E-state index contributed by atoms with van der Waals surface area (Å²) in [5.74, 6) is 0. The number of β-amino-alcohol motifs (C(OH)–C–C–N with tert-alkyl or cyclic N) is 1. The Morgan fingerprint density at radius 3 is 2.59 bits per heavy atom. The molecule has 0 aliphatic carbocycles. The molecule has 3 rings (SSSR count). The number of hydrogen-bond acceptors (Lipinski definition) is 4. The molecule has 0 aromatic rings. The number of ether oxygens (including phenoxy) is 1. The fraction of sp³-hybridized carbons (Fsp3) is 0.923. The van der Waals surface area contributed by atoms with E-state index < -0.39 is 11.0 Å². The fourth-order valence-electron chi connectivity index (χ4n) is 4.02. The molecule has 5 atom stereocenters. The predicted octanol–water partition coefficient (Wildman–Crippen LogP) is 0.903. The summed E-state index contributed by atoms with van der Waals surface area (Å²) >= 11 is 0. The van der Waals surface area contributed by atoms with Crippen molar-refractivity contribution >= 4 is 0 Å². The van der Waals surface area contributed by atoms with E-state index in [-0.39, 0.29) is 12.2 Å². The maximum absolute atomic E-state index is 11.0. The lowest BCUT2D eigenvalue weighted by Crippen LogP contribution is -2.54. The average molecular weight is 236 g/mol. The summed E-state index contributed by atoms with van der Waals surface area (Å²) in [6.07, 6.45) is 3.52. The normalized spacial score (nSPS) is 54.1. The lowest BCUT2D eigenvalue weighted by Gasteiger charge is -2.41. The number of likely N-dealkylation sites (tertiary alicyclic amines) is 1. The Hall–Kier alpha value is -0.630. The van der Waals surface area contributed by atoms with Crippen LogP contribution in [0, 0.1) is 16.7 Å². The molecule has 3 aliphatic heterocycles. The van der Waals surface area contributed by atoms with E-state index in [4.69, 9.17) is 4.74 Å². The Kier molecular flexibility index (Phi) is 2.32. The van der Waals surface area contributed by atoms with E-state index >= 15 is 0 Å². The molecule has 0 amide bonds. The SMILES string of the molecule is CC1CC(O)(C2(C#N)CC3CCC2O3)CN1C. The zero-order chi connectivity index (χ0) is 12.3. The second-order valence-electron chi connectivity index (χ2n) is 6.11. The summed E-state index contributed by atoms with van der Waals surface area (Å²) in [5, 5.41) is 20.6.